The van der Waals surface area contributed by atoms with Gasteiger partial charge in [-0.3, -0.25) is 4.98 Å². The quantitative estimate of drug-likeness (QED) is 0.743. The summed E-state index contributed by atoms with van der Waals surface area (Å²) >= 11 is 1.68. The topological polar surface area (TPSA) is 41.1 Å². The number of benzene rings is 1. The van der Waals surface area contributed by atoms with E-state index < -0.39 is 0 Å². The van der Waals surface area contributed by atoms with Crippen LogP contribution in [-0.2, 0) is 6.54 Å². The van der Waals surface area contributed by atoms with Crippen LogP contribution < -0.4 is 10.2 Å². The minimum Gasteiger partial charge on any atom is -0.321 e. The zero-order valence-electron chi connectivity index (χ0n) is 14.1. The second-order valence-electron chi connectivity index (χ2n) is 6.36. The average Bonchev–Trinajstić information content (AvgIpc) is 3.21. The normalized spacial score (nSPS) is 15.2. The molecule has 1 aliphatic rings. The molecule has 1 aromatic carbocycles. The van der Waals surface area contributed by atoms with E-state index in [1.165, 1.54) is 23.3 Å². The van der Waals surface area contributed by atoms with Crippen LogP contribution >= 0.6 is 11.3 Å². The van der Waals surface area contributed by atoms with E-state index in [4.69, 9.17) is 0 Å². The maximum Gasteiger partial charge on any atom is 0.133 e. The van der Waals surface area contributed by atoms with Crippen molar-refractivity contribution in [2.24, 2.45) is 0 Å². The molecular formula is C20H22N4S. The Hall–Kier alpha value is -2.24. The van der Waals surface area contributed by atoms with Crippen molar-refractivity contribution in [1.82, 2.24) is 15.3 Å². The van der Waals surface area contributed by atoms with Gasteiger partial charge in [-0.1, -0.05) is 18.2 Å². The lowest BCUT2D eigenvalue weighted by Crippen LogP contribution is -2.26. The zero-order chi connectivity index (χ0) is 16.9. The fourth-order valence-electron chi connectivity index (χ4n) is 3.38. The summed E-state index contributed by atoms with van der Waals surface area (Å²) in [5.74, 6) is 1.64. The monoisotopic (exact) mass is 350 g/mol. The zero-order valence-corrected chi connectivity index (χ0v) is 15.0. The van der Waals surface area contributed by atoms with E-state index in [0.717, 1.165) is 31.1 Å². The van der Waals surface area contributed by atoms with Crippen LogP contribution in [0.3, 0.4) is 0 Å². The summed E-state index contributed by atoms with van der Waals surface area (Å²) in [5.41, 5.74) is 4.44. The van der Waals surface area contributed by atoms with Gasteiger partial charge in [0, 0.05) is 23.0 Å². The van der Waals surface area contributed by atoms with E-state index in [1.807, 2.05) is 24.0 Å². The molecule has 25 heavy (non-hydrogen) atoms. The highest BCUT2D eigenvalue weighted by Crippen LogP contribution is 2.31. The summed E-state index contributed by atoms with van der Waals surface area (Å²) < 4.78 is 0. The fraction of sp³-hybridized carbons (Fsp3) is 0.300. The first-order valence-corrected chi connectivity index (χ1v) is 9.65. The van der Waals surface area contributed by atoms with Gasteiger partial charge in [0.15, 0.2) is 0 Å². The standard InChI is InChI=1S/C20H22N4S/c1-2-4-18(5-3-1)24(14-19-13-22-15-25-19)20-12-17(8-11-23-20)16-6-9-21-10-7-16/h1-5,8,11-13,15-16,21H,6-7,9-10,14H2. The van der Waals surface area contributed by atoms with E-state index in [2.05, 4.69) is 56.6 Å². The molecule has 4 rings (SSSR count). The summed E-state index contributed by atoms with van der Waals surface area (Å²) in [5, 5.41) is 3.45. The van der Waals surface area contributed by atoms with E-state index in [1.54, 1.807) is 11.3 Å². The Balaban J connectivity index is 1.66. The number of piperidine rings is 1. The van der Waals surface area contributed by atoms with Gasteiger partial charge in [-0.2, -0.15) is 0 Å². The van der Waals surface area contributed by atoms with E-state index in [-0.39, 0.29) is 0 Å². The van der Waals surface area contributed by atoms with E-state index in [9.17, 15) is 0 Å². The maximum atomic E-state index is 4.69. The lowest BCUT2D eigenvalue weighted by molar-refractivity contribution is 0.460. The molecule has 0 unspecified atom stereocenters. The third-order valence-corrected chi connectivity index (χ3v) is 5.49. The predicted molar refractivity (Wildman–Crippen MR) is 103 cm³/mol. The molecular weight excluding hydrogens is 328 g/mol. The number of anilines is 2. The number of para-hydroxylation sites is 1. The van der Waals surface area contributed by atoms with Crippen molar-refractivity contribution in [2.45, 2.75) is 25.3 Å². The Bertz CT molecular complexity index is 782. The van der Waals surface area contributed by atoms with Gasteiger partial charge in [-0.05, 0) is 61.7 Å². The molecule has 5 heteroatoms. The van der Waals surface area contributed by atoms with Gasteiger partial charge in [0.05, 0.1) is 12.1 Å². The average molecular weight is 350 g/mol. The highest BCUT2D eigenvalue weighted by atomic mass is 32.1. The van der Waals surface area contributed by atoms with Crippen LogP contribution in [0.1, 0.15) is 29.2 Å². The first-order chi connectivity index (χ1) is 12.4. The van der Waals surface area contributed by atoms with Gasteiger partial charge >= 0.3 is 0 Å². The van der Waals surface area contributed by atoms with Crippen LogP contribution in [0.25, 0.3) is 0 Å². The molecule has 128 valence electrons. The SMILES string of the molecule is c1ccc(N(Cc2cncs2)c2cc(C3CCNCC3)ccn2)cc1. The number of aromatic nitrogens is 2. The van der Waals surface area contributed by atoms with E-state index in [0.29, 0.717) is 5.92 Å². The molecule has 4 nitrogen and oxygen atoms in total. The van der Waals surface area contributed by atoms with Gasteiger partial charge in [0.25, 0.3) is 0 Å². The van der Waals surface area contributed by atoms with Crippen molar-refractivity contribution in [2.75, 3.05) is 18.0 Å². The lowest BCUT2D eigenvalue weighted by Gasteiger charge is -2.26. The van der Waals surface area contributed by atoms with Crippen molar-refractivity contribution in [1.29, 1.82) is 0 Å². The molecule has 1 N–H and O–H groups in total. The Morgan fingerprint density at radius 1 is 1.12 bits per heavy atom. The Labute approximate surface area is 152 Å². The number of thiazole rings is 1. The number of hydrogen-bond acceptors (Lipinski definition) is 5. The number of nitrogens with one attached hydrogen (secondary N) is 1. The van der Waals surface area contributed by atoms with Crippen LogP contribution in [0.15, 0.2) is 60.4 Å². The van der Waals surface area contributed by atoms with Crippen molar-refractivity contribution >= 4 is 22.8 Å². The molecule has 0 radical (unpaired) electrons. The highest BCUT2D eigenvalue weighted by molar-refractivity contribution is 7.09. The summed E-state index contributed by atoms with van der Waals surface area (Å²) in [7, 11) is 0. The summed E-state index contributed by atoms with van der Waals surface area (Å²) in [6.45, 7) is 2.99. The van der Waals surface area contributed by atoms with Crippen LogP contribution in [0.5, 0.6) is 0 Å². The van der Waals surface area contributed by atoms with E-state index >= 15 is 0 Å². The number of rotatable bonds is 5. The van der Waals surface area contributed by atoms with Crippen molar-refractivity contribution in [3.63, 3.8) is 0 Å². The number of hydrogen-bond donors (Lipinski definition) is 1. The number of nitrogens with zero attached hydrogens (tertiary/aromatic N) is 3. The molecule has 3 aromatic rings. The van der Waals surface area contributed by atoms with Gasteiger partial charge in [-0.25, -0.2) is 4.98 Å². The largest absolute Gasteiger partial charge is 0.321 e. The Morgan fingerprint density at radius 3 is 2.72 bits per heavy atom. The second-order valence-corrected chi connectivity index (χ2v) is 7.33. The fourth-order valence-corrected chi connectivity index (χ4v) is 3.96. The molecule has 1 fully saturated rings. The van der Waals surface area contributed by atoms with Gasteiger partial charge in [0.1, 0.15) is 5.82 Å². The molecule has 0 saturated carbocycles. The van der Waals surface area contributed by atoms with Gasteiger partial charge in [-0.15, -0.1) is 11.3 Å². The molecule has 1 saturated heterocycles. The Kier molecular flexibility index (Phi) is 5.04. The molecule has 0 bridgehead atoms. The first-order valence-electron chi connectivity index (χ1n) is 8.77. The molecule has 2 aromatic heterocycles. The van der Waals surface area contributed by atoms with Crippen molar-refractivity contribution < 1.29 is 0 Å². The summed E-state index contributed by atoms with van der Waals surface area (Å²) in [6.07, 6.45) is 6.29. The number of pyridine rings is 1. The summed E-state index contributed by atoms with van der Waals surface area (Å²) in [6, 6.07) is 14.9. The summed E-state index contributed by atoms with van der Waals surface area (Å²) in [4.78, 5) is 12.4. The first kappa shape index (κ1) is 16.2. The minimum absolute atomic E-state index is 0.629. The van der Waals surface area contributed by atoms with Crippen LogP contribution in [0, 0.1) is 0 Å². The van der Waals surface area contributed by atoms with Crippen LogP contribution in [-0.4, -0.2) is 23.1 Å². The molecule has 0 aliphatic carbocycles. The predicted octanol–water partition coefficient (Wildman–Crippen LogP) is 4.34. The smallest absolute Gasteiger partial charge is 0.133 e. The molecule has 0 amide bonds. The molecule has 0 spiro atoms. The maximum absolute atomic E-state index is 4.69. The minimum atomic E-state index is 0.629. The van der Waals surface area contributed by atoms with Gasteiger partial charge in [0.2, 0.25) is 0 Å². The molecule has 0 atom stereocenters. The Morgan fingerprint density at radius 2 is 1.96 bits per heavy atom. The van der Waals surface area contributed by atoms with Crippen molar-refractivity contribution in [3.05, 3.63) is 70.8 Å². The molecule has 3 heterocycles. The lowest BCUT2D eigenvalue weighted by atomic mass is 9.91. The third-order valence-electron chi connectivity index (χ3n) is 4.72. The van der Waals surface area contributed by atoms with Crippen LogP contribution in [0.2, 0.25) is 0 Å². The molecule has 1 aliphatic heterocycles. The van der Waals surface area contributed by atoms with Crippen molar-refractivity contribution in [3.8, 4) is 0 Å². The van der Waals surface area contributed by atoms with Crippen LogP contribution in [0.4, 0.5) is 11.5 Å². The van der Waals surface area contributed by atoms with Gasteiger partial charge < -0.3 is 10.2 Å². The second kappa shape index (κ2) is 7.76. The third kappa shape index (κ3) is 3.89. The highest BCUT2D eigenvalue weighted by Gasteiger charge is 2.18.